The number of hydrazone groups is 1. The Morgan fingerprint density at radius 1 is 1.32 bits per heavy atom. The van der Waals surface area contributed by atoms with Crippen molar-refractivity contribution < 1.29 is 14.3 Å². The van der Waals surface area contributed by atoms with Crippen molar-refractivity contribution in [1.82, 2.24) is 5.43 Å². The normalized spacial score (nSPS) is 10.8. The molecule has 1 aromatic carbocycles. The van der Waals surface area contributed by atoms with Gasteiger partial charge in [-0.2, -0.15) is 5.10 Å². The van der Waals surface area contributed by atoms with Gasteiger partial charge in [-0.15, -0.1) is 0 Å². The molecule has 0 aliphatic heterocycles. The Balaban J connectivity index is 1.98. The van der Waals surface area contributed by atoms with E-state index in [9.17, 15) is 4.79 Å². The molecule has 98 valence electrons. The number of amides is 1. The highest BCUT2D eigenvalue weighted by Crippen LogP contribution is 2.11. The molecule has 0 unspecified atom stereocenters. The van der Waals surface area contributed by atoms with Crippen molar-refractivity contribution in [2.24, 2.45) is 5.10 Å². The predicted octanol–water partition coefficient (Wildman–Crippen LogP) is 2.37. The number of nitrogens with zero attached hydrogens (tertiary/aromatic N) is 1. The van der Waals surface area contributed by atoms with Gasteiger partial charge >= 0.3 is 0 Å². The minimum Gasteiger partial charge on any atom is -0.508 e. The fraction of sp³-hybridized carbons (Fsp3) is 0.143. The maximum atomic E-state index is 11.7. The van der Waals surface area contributed by atoms with E-state index < -0.39 is 0 Å². The van der Waals surface area contributed by atoms with Crippen molar-refractivity contribution in [3.05, 3.63) is 53.0 Å². The summed E-state index contributed by atoms with van der Waals surface area (Å²) in [5.74, 6) is 1.17. The monoisotopic (exact) mass is 258 g/mol. The number of rotatable bonds is 3. The lowest BCUT2D eigenvalue weighted by Gasteiger charge is -1.99. The second-order valence-electron chi connectivity index (χ2n) is 4.13. The molecule has 0 spiro atoms. The third-order valence-electron chi connectivity index (χ3n) is 2.67. The van der Waals surface area contributed by atoms with E-state index in [0.29, 0.717) is 11.3 Å². The Kier molecular flexibility index (Phi) is 3.66. The lowest BCUT2D eigenvalue weighted by Crippen LogP contribution is -2.17. The molecular formula is C14H14N2O3. The molecule has 2 aromatic rings. The highest BCUT2D eigenvalue weighted by atomic mass is 16.3. The van der Waals surface area contributed by atoms with Crippen molar-refractivity contribution in [3.63, 3.8) is 0 Å². The van der Waals surface area contributed by atoms with Crippen LogP contribution < -0.4 is 5.43 Å². The molecule has 0 radical (unpaired) electrons. The number of aryl methyl sites for hydroxylation is 2. The summed E-state index contributed by atoms with van der Waals surface area (Å²) < 4.78 is 5.38. The summed E-state index contributed by atoms with van der Waals surface area (Å²) in [4.78, 5) is 11.7. The van der Waals surface area contributed by atoms with Crippen LogP contribution in [0.15, 0.2) is 39.9 Å². The van der Waals surface area contributed by atoms with Gasteiger partial charge in [-0.05, 0) is 49.7 Å². The van der Waals surface area contributed by atoms with E-state index in [4.69, 9.17) is 9.52 Å². The van der Waals surface area contributed by atoms with E-state index in [2.05, 4.69) is 10.5 Å². The van der Waals surface area contributed by atoms with Gasteiger partial charge in [0.25, 0.3) is 5.91 Å². The molecule has 1 amide bonds. The Labute approximate surface area is 110 Å². The summed E-state index contributed by atoms with van der Waals surface area (Å²) in [7, 11) is 0. The summed E-state index contributed by atoms with van der Waals surface area (Å²) in [6.45, 7) is 3.80. The van der Waals surface area contributed by atoms with Gasteiger partial charge in [-0.1, -0.05) is 0 Å². The SMILES string of the molecule is Cc1cc(C=NNC(=O)c2ccc(O)cc2)oc1C. The first-order chi connectivity index (χ1) is 9.06. The predicted molar refractivity (Wildman–Crippen MR) is 71.3 cm³/mol. The zero-order valence-corrected chi connectivity index (χ0v) is 10.7. The van der Waals surface area contributed by atoms with Crippen molar-refractivity contribution in [2.45, 2.75) is 13.8 Å². The van der Waals surface area contributed by atoms with Gasteiger partial charge in [-0.25, -0.2) is 5.43 Å². The second-order valence-corrected chi connectivity index (χ2v) is 4.13. The fourth-order valence-corrected chi connectivity index (χ4v) is 1.50. The molecule has 2 rings (SSSR count). The van der Waals surface area contributed by atoms with Crippen LogP contribution in [-0.2, 0) is 0 Å². The molecule has 0 bridgehead atoms. The van der Waals surface area contributed by atoms with Crippen molar-refractivity contribution in [1.29, 1.82) is 0 Å². The quantitative estimate of drug-likeness (QED) is 0.655. The number of nitrogens with one attached hydrogen (secondary N) is 1. The van der Waals surface area contributed by atoms with Crippen molar-refractivity contribution in [2.75, 3.05) is 0 Å². The van der Waals surface area contributed by atoms with Gasteiger partial charge in [0.1, 0.15) is 17.3 Å². The molecule has 5 nitrogen and oxygen atoms in total. The number of hydrogen-bond acceptors (Lipinski definition) is 4. The summed E-state index contributed by atoms with van der Waals surface area (Å²) in [5, 5.41) is 12.9. The lowest BCUT2D eigenvalue weighted by atomic mass is 10.2. The topological polar surface area (TPSA) is 74.8 Å². The lowest BCUT2D eigenvalue weighted by molar-refractivity contribution is 0.0955. The van der Waals surface area contributed by atoms with Crippen LogP contribution in [0.4, 0.5) is 0 Å². The molecule has 0 aliphatic rings. The summed E-state index contributed by atoms with van der Waals surface area (Å²) in [5.41, 5.74) is 3.84. The summed E-state index contributed by atoms with van der Waals surface area (Å²) in [6, 6.07) is 7.75. The van der Waals surface area contributed by atoms with Gasteiger partial charge in [0.2, 0.25) is 0 Å². The van der Waals surface area contributed by atoms with Gasteiger partial charge < -0.3 is 9.52 Å². The van der Waals surface area contributed by atoms with E-state index >= 15 is 0 Å². The molecule has 0 aliphatic carbocycles. The minimum absolute atomic E-state index is 0.113. The number of hydrogen-bond donors (Lipinski definition) is 2. The molecule has 1 heterocycles. The van der Waals surface area contributed by atoms with Gasteiger partial charge in [0.15, 0.2) is 0 Å². The molecule has 5 heteroatoms. The number of carbonyl (C=O) groups is 1. The Bertz CT molecular complexity index is 593. The van der Waals surface area contributed by atoms with Crippen LogP contribution in [0.5, 0.6) is 5.75 Å². The van der Waals surface area contributed by atoms with Crippen LogP contribution in [-0.4, -0.2) is 17.2 Å². The van der Waals surface area contributed by atoms with Crippen LogP contribution >= 0.6 is 0 Å². The number of carbonyl (C=O) groups excluding carboxylic acids is 1. The molecule has 0 saturated heterocycles. The smallest absolute Gasteiger partial charge is 0.271 e. The maximum absolute atomic E-state index is 11.7. The van der Waals surface area contributed by atoms with Crippen LogP contribution in [0, 0.1) is 13.8 Å². The first-order valence-electron chi connectivity index (χ1n) is 5.76. The number of benzene rings is 1. The molecule has 2 N–H and O–H groups in total. The molecule has 1 aromatic heterocycles. The van der Waals surface area contributed by atoms with E-state index in [-0.39, 0.29) is 11.7 Å². The van der Waals surface area contributed by atoms with E-state index in [1.165, 1.54) is 30.5 Å². The van der Waals surface area contributed by atoms with Crippen molar-refractivity contribution in [3.8, 4) is 5.75 Å². The first kappa shape index (κ1) is 12.9. The molecule has 0 saturated carbocycles. The Morgan fingerprint density at radius 2 is 2.00 bits per heavy atom. The van der Waals surface area contributed by atoms with Gasteiger partial charge in [0.05, 0.1) is 6.21 Å². The average Bonchev–Trinajstić information content (AvgIpc) is 2.69. The standard InChI is InChI=1S/C14H14N2O3/c1-9-7-13(19-10(9)2)8-15-16-14(18)11-3-5-12(17)6-4-11/h3-8,17H,1-2H3,(H,16,18). The van der Waals surface area contributed by atoms with E-state index in [1.54, 1.807) is 0 Å². The highest BCUT2D eigenvalue weighted by molar-refractivity contribution is 5.94. The first-order valence-corrected chi connectivity index (χ1v) is 5.76. The van der Waals surface area contributed by atoms with Crippen LogP contribution in [0.1, 0.15) is 27.4 Å². The van der Waals surface area contributed by atoms with Crippen LogP contribution in [0.25, 0.3) is 0 Å². The second kappa shape index (κ2) is 5.39. The number of furan rings is 1. The molecule has 0 fully saturated rings. The fourth-order valence-electron chi connectivity index (χ4n) is 1.50. The minimum atomic E-state index is -0.351. The number of phenols is 1. The van der Waals surface area contributed by atoms with Crippen molar-refractivity contribution >= 4 is 12.1 Å². The van der Waals surface area contributed by atoms with E-state index in [0.717, 1.165) is 11.3 Å². The van der Waals surface area contributed by atoms with Crippen LogP contribution in [0.2, 0.25) is 0 Å². The zero-order chi connectivity index (χ0) is 13.8. The Hall–Kier alpha value is -2.56. The summed E-state index contributed by atoms with van der Waals surface area (Å²) >= 11 is 0. The summed E-state index contributed by atoms with van der Waals surface area (Å²) in [6.07, 6.45) is 1.44. The molecular weight excluding hydrogens is 244 g/mol. The van der Waals surface area contributed by atoms with Gasteiger partial charge in [0, 0.05) is 5.56 Å². The zero-order valence-electron chi connectivity index (χ0n) is 10.7. The Morgan fingerprint density at radius 3 is 2.58 bits per heavy atom. The highest BCUT2D eigenvalue weighted by Gasteiger charge is 2.04. The average molecular weight is 258 g/mol. The largest absolute Gasteiger partial charge is 0.508 e. The van der Waals surface area contributed by atoms with Crippen LogP contribution in [0.3, 0.4) is 0 Å². The third-order valence-corrected chi connectivity index (χ3v) is 2.67. The number of aromatic hydroxyl groups is 1. The molecule has 19 heavy (non-hydrogen) atoms. The van der Waals surface area contributed by atoms with E-state index in [1.807, 2.05) is 19.9 Å². The third kappa shape index (κ3) is 3.22. The molecule has 0 atom stereocenters. The maximum Gasteiger partial charge on any atom is 0.271 e. The van der Waals surface area contributed by atoms with Gasteiger partial charge in [-0.3, -0.25) is 4.79 Å². The number of phenolic OH excluding ortho intramolecular Hbond substituents is 1.